The molecule has 0 amide bonds. The second kappa shape index (κ2) is 10.7. The first-order valence-electron chi connectivity index (χ1n) is 9.43. The van der Waals surface area contributed by atoms with Gasteiger partial charge in [-0.05, 0) is 55.6 Å². The molecule has 30 heavy (non-hydrogen) atoms. The zero-order valence-electron chi connectivity index (χ0n) is 16.6. The first-order chi connectivity index (χ1) is 14.4. The summed E-state index contributed by atoms with van der Waals surface area (Å²) in [4.78, 5) is 28.1. The van der Waals surface area contributed by atoms with E-state index in [9.17, 15) is 9.59 Å². The summed E-state index contributed by atoms with van der Waals surface area (Å²) < 4.78 is 15.2. The van der Waals surface area contributed by atoms with Crippen LogP contribution in [-0.4, -0.2) is 38.7 Å². The van der Waals surface area contributed by atoms with Crippen LogP contribution >= 0.6 is 32.5 Å². The number of nitrogens with two attached hydrogens (primary N) is 1. The van der Waals surface area contributed by atoms with E-state index in [4.69, 9.17) is 26.6 Å². The van der Waals surface area contributed by atoms with Crippen LogP contribution in [0.3, 0.4) is 0 Å². The molecule has 5 atom stereocenters. The van der Waals surface area contributed by atoms with Gasteiger partial charge in [0.15, 0.2) is 0 Å². The van der Waals surface area contributed by atoms with Crippen molar-refractivity contribution < 1.29 is 14.1 Å². The molecule has 1 aliphatic rings. The maximum Gasteiger partial charge on any atom is 0.351 e. The largest absolute Gasteiger partial charge is 0.383 e. The Morgan fingerprint density at radius 2 is 2.20 bits per heavy atom. The molecule has 0 radical (unpaired) electrons. The predicted molar refractivity (Wildman–Crippen MR) is 120 cm³/mol. The molecule has 2 heterocycles. The van der Waals surface area contributed by atoms with E-state index in [0.29, 0.717) is 11.6 Å². The molecule has 2 N–H and O–H groups in total. The first-order valence-corrected chi connectivity index (χ1v) is 11.4. The molecule has 0 bridgehead atoms. The lowest BCUT2D eigenvalue weighted by Crippen LogP contribution is -2.29. The van der Waals surface area contributed by atoms with Crippen molar-refractivity contribution in [3.8, 4) is 0 Å². The Morgan fingerprint density at radius 3 is 2.87 bits per heavy atom. The van der Waals surface area contributed by atoms with Gasteiger partial charge in [-0.25, -0.2) is 4.79 Å². The van der Waals surface area contributed by atoms with E-state index in [2.05, 4.69) is 4.98 Å². The zero-order valence-corrected chi connectivity index (χ0v) is 19.2. The molecule has 1 aliphatic heterocycles. The summed E-state index contributed by atoms with van der Waals surface area (Å²) in [5, 5.41) is 0.658. The van der Waals surface area contributed by atoms with Crippen LogP contribution in [0, 0.1) is 5.92 Å². The highest BCUT2D eigenvalue weighted by atomic mass is 35.5. The standard InChI is InChI=1S/C19H24ClN4O4PS/c1-12-9-15(28-18(12)23-8-7-17(21)22-19(23)26)11-27-29-24(13(2)10-25)30-16-5-3-14(20)4-6-16/h3-8,10,12-13,15,18,29H,9,11H2,1-2H3,(H2,21,22,26). The Hall–Kier alpha value is -1.48. The third kappa shape index (κ3) is 6.03. The maximum absolute atomic E-state index is 12.1. The molecule has 5 unspecified atom stereocenters. The summed E-state index contributed by atoms with van der Waals surface area (Å²) in [6.07, 6.45) is 2.67. The van der Waals surface area contributed by atoms with Crippen molar-refractivity contribution >= 4 is 44.6 Å². The zero-order chi connectivity index (χ0) is 21.7. The number of rotatable bonds is 9. The summed E-state index contributed by atoms with van der Waals surface area (Å²) in [5.74, 6) is 0.309. The maximum atomic E-state index is 12.1. The van der Waals surface area contributed by atoms with Gasteiger partial charge in [0, 0.05) is 22.0 Å². The van der Waals surface area contributed by atoms with Crippen LogP contribution in [0.1, 0.15) is 26.5 Å². The van der Waals surface area contributed by atoms with Crippen LogP contribution < -0.4 is 11.4 Å². The van der Waals surface area contributed by atoms with Gasteiger partial charge in [-0.15, -0.1) is 0 Å². The monoisotopic (exact) mass is 470 g/mol. The molecule has 8 nitrogen and oxygen atoms in total. The summed E-state index contributed by atoms with van der Waals surface area (Å²) in [7, 11) is -0.0387. The van der Waals surface area contributed by atoms with Gasteiger partial charge in [0.2, 0.25) is 0 Å². The quantitative estimate of drug-likeness (QED) is 0.337. The number of benzene rings is 1. The van der Waals surface area contributed by atoms with Crippen molar-refractivity contribution in [3.05, 3.63) is 52.0 Å². The van der Waals surface area contributed by atoms with Crippen molar-refractivity contribution in [1.29, 1.82) is 0 Å². The van der Waals surface area contributed by atoms with Gasteiger partial charge < -0.3 is 19.8 Å². The van der Waals surface area contributed by atoms with Gasteiger partial charge in [-0.1, -0.05) is 18.5 Å². The summed E-state index contributed by atoms with van der Waals surface area (Å²) in [6, 6.07) is 8.66. The Morgan fingerprint density at radius 1 is 1.47 bits per heavy atom. The van der Waals surface area contributed by atoms with Crippen LogP contribution in [0.5, 0.6) is 0 Å². The van der Waals surface area contributed by atoms with E-state index in [1.807, 2.05) is 30.1 Å². The number of hydrogen-bond donors (Lipinski definition) is 1. The minimum absolute atomic E-state index is 0.0387. The highest BCUT2D eigenvalue weighted by Gasteiger charge is 2.34. The van der Waals surface area contributed by atoms with Crippen molar-refractivity contribution in [2.45, 2.75) is 43.5 Å². The van der Waals surface area contributed by atoms with Crippen LogP contribution in [-0.2, 0) is 14.1 Å². The topological polar surface area (TPSA) is 99.7 Å². The van der Waals surface area contributed by atoms with Crippen molar-refractivity contribution in [2.75, 3.05) is 12.3 Å². The molecule has 1 saturated heterocycles. The van der Waals surface area contributed by atoms with E-state index in [0.717, 1.165) is 17.6 Å². The molecular formula is C19H24ClN4O4PS. The van der Waals surface area contributed by atoms with Crippen LogP contribution in [0.4, 0.5) is 5.82 Å². The van der Waals surface area contributed by atoms with E-state index in [-0.39, 0.29) is 32.8 Å². The molecule has 0 aliphatic carbocycles. The van der Waals surface area contributed by atoms with Gasteiger partial charge in [-0.3, -0.25) is 4.57 Å². The Bertz CT molecular complexity index is 916. The third-order valence-corrected chi connectivity index (χ3v) is 7.23. The summed E-state index contributed by atoms with van der Waals surface area (Å²) >= 11 is 7.37. The number of carbonyl (C=O) groups excluding carboxylic acids is 1. The average molecular weight is 471 g/mol. The minimum atomic E-state index is -0.430. The van der Waals surface area contributed by atoms with E-state index < -0.39 is 11.9 Å². The molecule has 0 spiro atoms. The Kier molecular flexibility index (Phi) is 8.27. The highest BCUT2D eigenvalue weighted by molar-refractivity contribution is 8.00. The number of carbonyl (C=O) groups is 1. The van der Waals surface area contributed by atoms with Crippen molar-refractivity contribution in [2.24, 2.45) is 5.92 Å². The van der Waals surface area contributed by atoms with Crippen molar-refractivity contribution in [1.82, 2.24) is 13.6 Å². The fraction of sp³-hybridized carbons (Fsp3) is 0.421. The minimum Gasteiger partial charge on any atom is -0.383 e. The molecule has 1 aromatic heterocycles. The average Bonchev–Trinajstić information content (AvgIpc) is 3.08. The van der Waals surface area contributed by atoms with E-state index in [1.54, 1.807) is 24.4 Å². The number of anilines is 1. The molecule has 3 rings (SSSR count). The number of aldehydes is 1. The van der Waals surface area contributed by atoms with Crippen LogP contribution in [0.15, 0.2) is 46.2 Å². The lowest BCUT2D eigenvalue weighted by atomic mass is 10.1. The van der Waals surface area contributed by atoms with Crippen LogP contribution in [0.2, 0.25) is 5.02 Å². The lowest BCUT2D eigenvalue weighted by molar-refractivity contribution is -0.109. The number of ether oxygens (including phenoxy) is 1. The molecule has 2 aromatic rings. The summed E-state index contributed by atoms with van der Waals surface area (Å²) in [5.41, 5.74) is 5.13. The highest BCUT2D eigenvalue weighted by Crippen LogP contribution is 2.38. The number of hydrogen-bond acceptors (Lipinski definition) is 8. The molecular weight excluding hydrogens is 447 g/mol. The van der Waals surface area contributed by atoms with Gasteiger partial charge in [0.25, 0.3) is 0 Å². The van der Waals surface area contributed by atoms with Crippen molar-refractivity contribution in [3.63, 3.8) is 0 Å². The first kappa shape index (κ1) is 23.2. The number of nitrogen functional groups attached to an aromatic ring is 1. The van der Waals surface area contributed by atoms with E-state index >= 15 is 0 Å². The Labute approximate surface area is 186 Å². The predicted octanol–water partition coefficient (Wildman–Crippen LogP) is 3.52. The Balaban J connectivity index is 1.55. The van der Waals surface area contributed by atoms with Gasteiger partial charge in [-0.2, -0.15) is 9.06 Å². The van der Waals surface area contributed by atoms with Gasteiger partial charge in [0.1, 0.15) is 18.3 Å². The molecule has 1 fully saturated rings. The molecule has 11 heteroatoms. The summed E-state index contributed by atoms with van der Waals surface area (Å²) in [6.45, 7) is 4.20. The van der Waals surface area contributed by atoms with E-state index in [1.165, 1.54) is 16.5 Å². The smallest absolute Gasteiger partial charge is 0.351 e. The van der Waals surface area contributed by atoms with Gasteiger partial charge >= 0.3 is 5.69 Å². The second-order valence-corrected chi connectivity index (χ2v) is 9.81. The molecule has 1 aromatic carbocycles. The fourth-order valence-electron chi connectivity index (χ4n) is 3.03. The lowest BCUT2D eigenvalue weighted by Gasteiger charge is -2.24. The molecule has 162 valence electrons. The van der Waals surface area contributed by atoms with Crippen LogP contribution in [0.25, 0.3) is 0 Å². The number of nitrogens with zero attached hydrogens (tertiary/aromatic N) is 3. The van der Waals surface area contributed by atoms with Gasteiger partial charge in [0.05, 0.1) is 27.7 Å². The molecule has 0 saturated carbocycles. The number of halogens is 1. The third-order valence-electron chi connectivity index (χ3n) is 4.59. The second-order valence-electron chi connectivity index (χ2n) is 7.05. The normalized spacial score (nSPS) is 22.7. The fourth-order valence-corrected chi connectivity index (χ4v) is 5.09. The number of aromatic nitrogens is 2. The SMILES string of the molecule is CC1CC(COPN(Sc2ccc(Cl)cc2)C(C)C=O)OC1n1ccc(N)nc1=O.